The maximum absolute atomic E-state index is 5.07. The predicted octanol–water partition coefficient (Wildman–Crippen LogP) is 9.31. The molecular weight excluding hydrogens is 486 g/mol. The lowest BCUT2D eigenvalue weighted by Crippen LogP contribution is -2.11. The standard InChI is InChI=1S/C37H33N3/c1-3-13-33(14-4-1)39(34-15-5-2-6-16-34)35-21-17-28(18-22-35)27-38-40(36-23-19-29-9-7-11-31(29)25-36)37-24-20-30-10-8-12-32(30)26-37/h1-6,13-27H,7-12H2/b38-27+. The van der Waals surface area contributed by atoms with Crippen LogP contribution in [0.15, 0.2) is 126 Å². The van der Waals surface area contributed by atoms with E-state index < -0.39 is 0 Å². The molecule has 0 bridgehead atoms. The largest absolute Gasteiger partial charge is 0.311 e. The Labute approximate surface area is 237 Å². The molecule has 0 spiro atoms. The van der Waals surface area contributed by atoms with Crippen molar-refractivity contribution in [1.82, 2.24) is 0 Å². The minimum absolute atomic E-state index is 1.07. The Morgan fingerprint density at radius 2 is 0.900 bits per heavy atom. The van der Waals surface area contributed by atoms with Crippen LogP contribution in [0.1, 0.15) is 40.7 Å². The average Bonchev–Trinajstić information content (AvgIpc) is 3.68. The summed E-state index contributed by atoms with van der Waals surface area (Å²) >= 11 is 0. The van der Waals surface area contributed by atoms with Crippen molar-refractivity contribution in [3.8, 4) is 0 Å². The third-order valence-electron chi connectivity index (χ3n) is 8.16. The van der Waals surface area contributed by atoms with E-state index in [0.717, 1.165) is 46.8 Å². The molecule has 0 aliphatic heterocycles. The summed E-state index contributed by atoms with van der Waals surface area (Å²) in [6.45, 7) is 0. The third kappa shape index (κ3) is 4.91. The number of benzene rings is 5. The van der Waals surface area contributed by atoms with Crippen LogP contribution >= 0.6 is 0 Å². The molecule has 0 radical (unpaired) electrons. The van der Waals surface area contributed by atoms with Crippen LogP contribution in [-0.2, 0) is 25.7 Å². The van der Waals surface area contributed by atoms with Gasteiger partial charge < -0.3 is 4.90 Å². The van der Waals surface area contributed by atoms with Crippen molar-refractivity contribution in [3.05, 3.63) is 149 Å². The van der Waals surface area contributed by atoms with E-state index in [1.54, 1.807) is 0 Å². The van der Waals surface area contributed by atoms with E-state index in [1.165, 1.54) is 47.9 Å². The van der Waals surface area contributed by atoms with Gasteiger partial charge in [0.25, 0.3) is 0 Å². The van der Waals surface area contributed by atoms with E-state index >= 15 is 0 Å². The Hall–Kier alpha value is -4.63. The fraction of sp³-hybridized carbons (Fsp3) is 0.162. The molecule has 2 aliphatic carbocycles. The van der Waals surface area contributed by atoms with Crippen LogP contribution in [0.3, 0.4) is 0 Å². The van der Waals surface area contributed by atoms with E-state index in [4.69, 9.17) is 5.10 Å². The summed E-state index contributed by atoms with van der Waals surface area (Å²) < 4.78 is 0. The van der Waals surface area contributed by atoms with Gasteiger partial charge in [-0.05, 0) is 127 Å². The quantitative estimate of drug-likeness (QED) is 0.158. The summed E-state index contributed by atoms with van der Waals surface area (Å²) in [7, 11) is 0. The summed E-state index contributed by atoms with van der Waals surface area (Å²) in [6, 6.07) is 43.4. The molecule has 5 aromatic rings. The predicted molar refractivity (Wildman–Crippen MR) is 168 cm³/mol. The van der Waals surface area contributed by atoms with Crippen LogP contribution in [-0.4, -0.2) is 6.21 Å². The lowest BCUT2D eigenvalue weighted by atomic mass is 10.1. The second kappa shape index (κ2) is 10.9. The maximum Gasteiger partial charge on any atom is 0.0655 e. The van der Waals surface area contributed by atoms with E-state index in [2.05, 4.69) is 131 Å². The number of fused-ring (bicyclic) bond motifs is 2. The first kappa shape index (κ1) is 24.4. The van der Waals surface area contributed by atoms with Gasteiger partial charge in [0.15, 0.2) is 0 Å². The molecule has 0 atom stereocenters. The lowest BCUT2D eigenvalue weighted by Gasteiger charge is -2.25. The Bertz CT molecular complexity index is 1540. The highest BCUT2D eigenvalue weighted by Gasteiger charge is 2.18. The fourth-order valence-electron chi connectivity index (χ4n) is 6.10. The van der Waals surface area contributed by atoms with Crippen LogP contribution in [0.5, 0.6) is 0 Å². The summed E-state index contributed by atoms with van der Waals surface area (Å²) in [6.07, 6.45) is 9.17. The number of hydrazone groups is 1. The molecule has 5 aromatic carbocycles. The monoisotopic (exact) mass is 519 g/mol. The molecule has 2 aliphatic rings. The smallest absolute Gasteiger partial charge is 0.0655 e. The third-order valence-corrected chi connectivity index (χ3v) is 8.16. The van der Waals surface area contributed by atoms with Crippen LogP contribution in [0, 0.1) is 0 Å². The number of aryl methyl sites for hydroxylation is 4. The number of para-hydroxylation sites is 2. The number of hydrogen-bond donors (Lipinski definition) is 0. The number of rotatable bonds is 7. The van der Waals surface area contributed by atoms with Crippen molar-refractivity contribution in [3.63, 3.8) is 0 Å². The molecule has 0 aromatic heterocycles. The van der Waals surface area contributed by atoms with Gasteiger partial charge in [-0.25, -0.2) is 5.01 Å². The number of nitrogens with zero attached hydrogens (tertiary/aromatic N) is 3. The summed E-state index contributed by atoms with van der Waals surface area (Å²) in [5.41, 5.74) is 12.6. The first-order valence-electron chi connectivity index (χ1n) is 14.4. The topological polar surface area (TPSA) is 18.8 Å². The highest BCUT2D eigenvalue weighted by atomic mass is 15.5. The molecule has 3 nitrogen and oxygen atoms in total. The zero-order valence-electron chi connectivity index (χ0n) is 22.7. The first-order chi connectivity index (χ1) is 19.8. The molecule has 0 unspecified atom stereocenters. The molecular formula is C37H33N3. The maximum atomic E-state index is 5.07. The molecule has 40 heavy (non-hydrogen) atoms. The Morgan fingerprint density at radius 3 is 1.43 bits per heavy atom. The van der Waals surface area contributed by atoms with Gasteiger partial charge in [-0.15, -0.1) is 0 Å². The van der Waals surface area contributed by atoms with Gasteiger partial charge in [-0.2, -0.15) is 5.10 Å². The van der Waals surface area contributed by atoms with Gasteiger partial charge in [0.1, 0.15) is 0 Å². The van der Waals surface area contributed by atoms with E-state index in [1.807, 2.05) is 6.21 Å². The van der Waals surface area contributed by atoms with Crippen LogP contribution in [0.25, 0.3) is 0 Å². The van der Waals surface area contributed by atoms with Crippen LogP contribution in [0.2, 0.25) is 0 Å². The van der Waals surface area contributed by atoms with E-state index in [9.17, 15) is 0 Å². The normalized spacial score (nSPS) is 13.8. The van der Waals surface area contributed by atoms with Gasteiger partial charge in [-0.3, -0.25) is 0 Å². The number of anilines is 5. The zero-order valence-corrected chi connectivity index (χ0v) is 22.7. The van der Waals surface area contributed by atoms with Crippen LogP contribution < -0.4 is 9.91 Å². The SMILES string of the molecule is C(=N\N(c1ccc2c(c1)CCC2)c1ccc2c(c1)CCC2)/c1ccc(N(c2ccccc2)c2ccccc2)cc1. The molecule has 0 heterocycles. The molecule has 0 amide bonds. The molecule has 0 N–H and O–H groups in total. The zero-order chi connectivity index (χ0) is 26.7. The first-order valence-corrected chi connectivity index (χ1v) is 14.4. The Morgan fingerprint density at radius 1 is 0.450 bits per heavy atom. The van der Waals surface area contributed by atoms with Crippen molar-refractivity contribution >= 4 is 34.7 Å². The Balaban J connectivity index is 1.21. The average molecular weight is 520 g/mol. The Kier molecular flexibility index (Phi) is 6.63. The summed E-state index contributed by atoms with van der Waals surface area (Å²) in [5, 5.41) is 7.19. The second-order valence-electron chi connectivity index (χ2n) is 10.8. The second-order valence-corrected chi connectivity index (χ2v) is 10.8. The summed E-state index contributed by atoms with van der Waals surface area (Å²) in [4.78, 5) is 2.28. The lowest BCUT2D eigenvalue weighted by molar-refractivity contribution is 0.911. The highest BCUT2D eigenvalue weighted by Crippen LogP contribution is 2.35. The summed E-state index contributed by atoms with van der Waals surface area (Å²) in [5.74, 6) is 0. The van der Waals surface area contributed by atoms with E-state index in [-0.39, 0.29) is 0 Å². The van der Waals surface area contributed by atoms with Crippen molar-refractivity contribution in [1.29, 1.82) is 0 Å². The van der Waals surface area contributed by atoms with Crippen molar-refractivity contribution in [2.75, 3.05) is 9.91 Å². The minimum Gasteiger partial charge on any atom is -0.311 e. The molecule has 7 rings (SSSR count). The molecule has 196 valence electrons. The van der Waals surface area contributed by atoms with Gasteiger partial charge >= 0.3 is 0 Å². The molecule has 0 fully saturated rings. The number of hydrogen-bond acceptors (Lipinski definition) is 3. The van der Waals surface area contributed by atoms with Gasteiger partial charge in [0.05, 0.1) is 17.6 Å². The highest BCUT2D eigenvalue weighted by molar-refractivity contribution is 5.84. The van der Waals surface area contributed by atoms with Gasteiger partial charge in [0, 0.05) is 17.1 Å². The molecule has 0 saturated carbocycles. The molecule has 0 saturated heterocycles. The van der Waals surface area contributed by atoms with Crippen molar-refractivity contribution < 1.29 is 0 Å². The van der Waals surface area contributed by atoms with Gasteiger partial charge in [0.2, 0.25) is 0 Å². The fourth-order valence-corrected chi connectivity index (χ4v) is 6.10. The van der Waals surface area contributed by atoms with E-state index in [0.29, 0.717) is 0 Å². The van der Waals surface area contributed by atoms with Crippen molar-refractivity contribution in [2.24, 2.45) is 5.10 Å². The minimum atomic E-state index is 1.07. The van der Waals surface area contributed by atoms with Crippen LogP contribution in [0.4, 0.5) is 28.4 Å². The molecule has 3 heteroatoms. The van der Waals surface area contributed by atoms with Gasteiger partial charge in [-0.1, -0.05) is 60.7 Å². The van der Waals surface area contributed by atoms with Crippen molar-refractivity contribution in [2.45, 2.75) is 38.5 Å².